The van der Waals surface area contributed by atoms with E-state index >= 15 is 0 Å². The molecule has 0 N–H and O–H groups in total. The van der Waals surface area contributed by atoms with Crippen molar-refractivity contribution in [3.63, 3.8) is 0 Å². The summed E-state index contributed by atoms with van der Waals surface area (Å²) in [5.41, 5.74) is 2.56. The Kier molecular flexibility index (Phi) is 5.56. The van der Waals surface area contributed by atoms with Crippen molar-refractivity contribution >= 4 is 21.9 Å². The fourth-order valence-corrected chi connectivity index (χ4v) is 2.94. The van der Waals surface area contributed by atoms with Crippen molar-refractivity contribution in [2.75, 3.05) is 6.61 Å². The molecule has 0 amide bonds. The lowest BCUT2D eigenvalue weighted by atomic mass is 10.1. The number of esters is 1. The Morgan fingerprint density at radius 1 is 1.12 bits per heavy atom. The maximum Gasteiger partial charge on any atom is 0.374 e. The largest absolute Gasteiger partial charge is 0.489 e. The van der Waals surface area contributed by atoms with Gasteiger partial charge in [-0.15, -0.1) is 0 Å². The molecule has 0 atom stereocenters. The summed E-state index contributed by atoms with van der Waals surface area (Å²) in [6.07, 6.45) is 1.49. The van der Waals surface area contributed by atoms with Crippen LogP contribution in [0.25, 0.3) is 11.1 Å². The summed E-state index contributed by atoms with van der Waals surface area (Å²) in [5, 5.41) is 0. The second-order valence-electron chi connectivity index (χ2n) is 5.31. The Labute approximate surface area is 154 Å². The summed E-state index contributed by atoms with van der Waals surface area (Å²) in [5.74, 6) is 0.400. The first-order chi connectivity index (χ1) is 12.2. The van der Waals surface area contributed by atoms with Gasteiger partial charge in [-0.25, -0.2) is 4.79 Å². The molecule has 0 bridgehead atoms. The highest BCUT2D eigenvalue weighted by molar-refractivity contribution is 9.10. The van der Waals surface area contributed by atoms with E-state index in [1.165, 1.54) is 6.26 Å². The molecule has 0 aliphatic heterocycles. The van der Waals surface area contributed by atoms with E-state index in [0.717, 1.165) is 11.1 Å². The molecule has 0 aliphatic rings. The number of hydrogen-bond donors (Lipinski definition) is 0. The average molecular weight is 401 g/mol. The minimum atomic E-state index is -0.487. The highest BCUT2D eigenvalue weighted by Gasteiger charge is 2.22. The van der Waals surface area contributed by atoms with Gasteiger partial charge in [0.15, 0.2) is 0 Å². The highest BCUT2D eigenvalue weighted by atomic mass is 79.9. The summed E-state index contributed by atoms with van der Waals surface area (Å²) in [7, 11) is 0. The molecule has 3 rings (SSSR count). The van der Waals surface area contributed by atoms with E-state index in [9.17, 15) is 4.79 Å². The van der Waals surface area contributed by atoms with Gasteiger partial charge in [0.2, 0.25) is 5.76 Å². The molecule has 1 aromatic heterocycles. The molecule has 0 spiro atoms. The van der Waals surface area contributed by atoms with Crippen LogP contribution >= 0.6 is 15.9 Å². The Morgan fingerprint density at radius 3 is 2.68 bits per heavy atom. The lowest BCUT2D eigenvalue weighted by Gasteiger charge is -2.09. The number of ether oxygens (including phenoxy) is 2. The first-order valence-electron chi connectivity index (χ1n) is 7.90. The lowest BCUT2D eigenvalue weighted by Crippen LogP contribution is -2.04. The van der Waals surface area contributed by atoms with Gasteiger partial charge in [0.25, 0.3) is 0 Å². The van der Waals surface area contributed by atoms with Gasteiger partial charge in [-0.3, -0.25) is 0 Å². The predicted octanol–water partition coefficient (Wildman–Crippen LogP) is 5.46. The Bertz CT molecular complexity index is 855. The zero-order valence-electron chi connectivity index (χ0n) is 13.7. The van der Waals surface area contributed by atoms with Crippen LogP contribution in [-0.2, 0) is 11.3 Å². The maximum absolute atomic E-state index is 12.1. The van der Waals surface area contributed by atoms with Crippen molar-refractivity contribution in [1.82, 2.24) is 0 Å². The Hall–Kier alpha value is -2.53. The number of carbonyl (C=O) groups excluding carboxylic acids is 1. The molecular formula is C20H17BrO4. The number of benzene rings is 2. The summed E-state index contributed by atoms with van der Waals surface area (Å²) >= 11 is 3.43. The lowest BCUT2D eigenvalue weighted by molar-refractivity contribution is 0.0491. The minimum Gasteiger partial charge on any atom is -0.489 e. The van der Waals surface area contributed by atoms with E-state index in [0.29, 0.717) is 22.4 Å². The first-order valence-corrected chi connectivity index (χ1v) is 8.69. The van der Waals surface area contributed by atoms with E-state index < -0.39 is 5.97 Å². The summed E-state index contributed by atoms with van der Waals surface area (Å²) < 4.78 is 17.0. The third-order valence-electron chi connectivity index (χ3n) is 3.58. The SMILES string of the molecule is CCOC(=O)c1occ(Br)c1-c1cccc(OCc2ccccc2)c1. The minimum absolute atomic E-state index is 0.175. The van der Waals surface area contributed by atoms with E-state index in [1.807, 2.05) is 54.6 Å². The maximum atomic E-state index is 12.1. The van der Waals surface area contributed by atoms with Crippen molar-refractivity contribution in [3.8, 4) is 16.9 Å². The second-order valence-corrected chi connectivity index (χ2v) is 6.16. The number of furan rings is 1. The zero-order valence-corrected chi connectivity index (χ0v) is 15.3. The summed E-state index contributed by atoms with van der Waals surface area (Å²) in [6.45, 7) is 2.52. The molecule has 0 saturated carbocycles. The molecule has 5 heteroatoms. The smallest absolute Gasteiger partial charge is 0.374 e. The van der Waals surface area contributed by atoms with Crippen LogP contribution in [-0.4, -0.2) is 12.6 Å². The van der Waals surface area contributed by atoms with Crippen LogP contribution in [0.5, 0.6) is 5.75 Å². The first kappa shape index (κ1) is 17.3. The van der Waals surface area contributed by atoms with Gasteiger partial charge in [-0.05, 0) is 46.1 Å². The molecule has 1 heterocycles. The Balaban J connectivity index is 1.84. The molecular weight excluding hydrogens is 384 g/mol. The van der Waals surface area contributed by atoms with Crippen molar-refractivity contribution in [3.05, 3.63) is 76.7 Å². The molecule has 128 valence electrons. The molecule has 25 heavy (non-hydrogen) atoms. The summed E-state index contributed by atoms with van der Waals surface area (Å²) in [6, 6.07) is 17.5. The molecule has 4 nitrogen and oxygen atoms in total. The zero-order chi connectivity index (χ0) is 17.6. The van der Waals surface area contributed by atoms with Gasteiger partial charge in [0, 0.05) is 5.56 Å². The second kappa shape index (κ2) is 8.03. The number of halogens is 1. The normalized spacial score (nSPS) is 10.5. The van der Waals surface area contributed by atoms with Crippen molar-refractivity contribution in [2.24, 2.45) is 0 Å². The molecule has 0 unspecified atom stereocenters. The molecule has 0 fully saturated rings. The third-order valence-corrected chi connectivity index (χ3v) is 4.16. The molecule has 3 aromatic rings. The number of hydrogen-bond acceptors (Lipinski definition) is 4. The van der Waals surface area contributed by atoms with Crippen molar-refractivity contribution in [1.29, 1.82) is 0 Å². The molecule has 2 aromatic carbocycles. The monoisotopic (exact) mass is 400 g/mol. The van der Waals surface area contributed by atoms with Gasteiger partial charge in [-0.2, -0.15) is 0 Å². The van der Waals surface area contributed by atoms with Crippen molar-refractivity contribution in [2.45, 2.75) is 13.5 Å². The molecule has 0 radical (unpaired) electrons. The van der Waals surface area contributed by atoms with Crippen LogP contribution in [0.3, 0.4) is 0 Å². The van der Waals surface area contributed by atoms with Crippen LogP contribution in [0.1, 0.15) is 23.0 Å². The van der Waals surface area contributed by atoms with Gasteiger partial charge in [-0.1, -0.05) is 42.5 Å². The van der Waals surface area contributed by atoms with E-state index in [4.69, 9.17) is 13.9 Å². The average Bonchev–Trinajstić information content (AvgIpc) is 3.03. The van der Waals surface area contributed by atoms with Gasteiger partial charge >= 0.3 is 5.97 Å². The quantitative estimate of drug-likeness (QED) is 0.515. The fraction of sp³-hybridized carbons (Fsp3) is 0.150. The number of rotatable bonds is 6. The highest BCUT2D eigenvalue weighted by Crippen LogP contribution is 2.35. The van der Waals surface area contributed by atoms with Crippen LogP contribution in [0.15, 0.2) is 69.8 Å². The van der Waals surface area contributed by atoms with Crippen molar-refractivity contribution < 1.29 is 18.7 Å². The van der Waals surface area contributed by atoms with E-state index in [1.54, 1.807) is 6.92 Å². The van der Waals surface area contributed by atoms with Crippen LogP contribution < -0.4 is 4.74 Å². The van der Waals surface area contributed by atoms with Gasteiger partial charge in [0.1, 0.15) is 18.6 Å². The van der Waals surface area contributed by atoms with Crippen LogP contribution in [0.4, 0.5) is 0 Å². The standard InChI is InChI=1S/C20H17BrO4/c1-2-23-20(22)19-18(17(21)13-25-19)15-9-6-10-16(11-15)24-12-14-7-4-3-5-8-14/h3-11,13H,2,12H2,1H3. The van der Waals surface area contributed by atoms with E-state index in [2.05, 4.69) is 15.9 Å². The van der Waals surface area contributed by atoms with Gasteiger partial charge in [0.05, 0.1) is 11.1 Å². The Morgan fingerprint density at radius 2 is 1.92 bits per heavy atom. The van der Waals surface area contributed by atoms with Gasteiger partial charge < -0.3 is 13.9 Å². The molecule has 0 saturated heterocycles. The van der Waals surface area contributed by atoms with Crippen LogP contribution in [0, 0.1) is 0 Å². The predicted molar refractivity (Wildman–Crippen MR) is 98.6 cm³/mol. The summed E-state index contributed by atoms with van der Waals surface area (Å²) in [4.78, 5) is 12.1. The van der Waals surface area contributed by atoms with E-state index in [-0.39, 0.29) is 12.4 Å². The topological polar surface area (TPSA) is 48.7 Å². The van der Waals surface area contributed by atoms with Crippen LogP contribution in [0.2, 0.25) is 0 Å². The fourth-order valence-electron chi connectivity index (χ4n) is 2.44. The number of carbonyl (C=O) groups is 1. The third kappa shape index (κ3) is 4.12. The molecule has 0 aliphatic carbocycles.